The lowest BCUT2D eigenvalue weighted by Gasteiger charge is -2.08. The molecule has 0 bridgehead atoms. The van der Waals surface area contributed by atoms with E-state index in [-0.39, 0.29) is 11.7 Å². The second kappa shape index (κ2) is 10.4. The largest absolute Gasteiger partial charge is 0.465 e. The molecule has 0 atom stereocenters. The normalized spacial score (nSPS) is 10.7. The van der Waals surface area contributed by atoms with Gasteiger partial charge < -0.3 is 10.1 Å². The van der Waals surface area contributed by atoms with E-state index in [1.165, 1.54) is 30.2 Å². The molecule has 0 aliphatic heterocycles. The van der Waals surface area contributed by atoms with E-state index >= 15 is 0 Å². The molecule has 1 amide bonds. The van der Waals surface area contributed by atoms with Gasteiger partial charge in [-0.05, 0) is 19.4 Å². The van der Waals surface area contributed by atoms with Crippen LogP contribution in [0.5, 0.6) is 0 Å². The molecule has 0 spiro atoms. The summed E-state index contributed by atoms with van der Waals surface area (Å²) in [7, 11) is 1.32. The molecule has 162 valence electrons. The third kappa shape index (κ3) is 5.42. The number of esters is 1. The number of hydrogen-bond donors (Lipinski definition) is 1. The predicted octanol–water partition coefficient (Wildman–Crippen LogP) is 4.58. The third-order valence-electron chi connectivity index (χ3n) is 4.46. The van der Waals surface area contributed by atoms with Gasteiger partial charge in [0, 0.05) is 17.0 Å². The van der Waals surface area contributed by atoms with E-state index in [0.717, 1.165) is 28.2 Å². The van der Waals surface area contributed by atoms with Crippen molar-refractivity contribution in [3.8, 4) is 11.4 Å². The molecule has 3 rings (SSSR count). The van der Waals surface area contributed by atoms with Crippen molar-refractivity contribution in [1.82, 2.24) is 14.8 Å². The molecule has 3 aromatic rings. The number of carbonyl (C=O) groups is 2. The van der Waals surface area contributed by atoms with Gasteiger partial charge in [-0.3, -0.25) is 9.36 Å². The number of aryl methyl sites for hydroxylation is 2. The van der Waals surface area contributed by atoms with Crippen LogP contribution in [-0.2, 0) is 22.5 Å². The van der Waals surface area contributed by atoms with Gasteiger partial charge in [-0.25, -0.2) is 4.79 Å². The summed E-state index contributed by atoms with van der Waals surface area (Å²) < 4.78 is 6.75. The van der Waals surface area contributed by atoms with Crippen LogP contribution in [0.25, 0.3) is 11.4 Å². The number of thiophene rings is 1. The number of anilines is 1. The Bertz CT molecular complexity index is 1090. The molecular formula is C22H24N4O3S2. The number of aromatic nitrogens is 3. The Morgan fingerprint density at radius 2 is 2.03 bits per heavy atom. The summed E-state index contributed by atoms with van der Waals surface area (Å²) in [5.74, 6) is 0.155. The number of benzene rings is 1. The van der Waals surface area contributed by atoms with Gasteiger partial charge in [-0.1, -0.05) is 54.6 Å². The molecule has 1 aromatic carbocycles. The number of nitrogens with zero attached hydrogens (tertiary/aromatic N) is 3. The summed E-state index contributed by atoms with van der Waals surface area (Å²) in [5, 5.41) is 12.5. The van der Waals surface area contributed by atoms with E-state index in [1.54, 1.807) is 12.1 Å². The summed E-state index contributed by atoms with van der Waals surface area (Å²) in [5.41, 5.74) is 2.49. The van der Waals surface area contributed by atoms with Crippen LogP contribution in [0.1, 0.15) is 27.7 Å². The maximum atomic E-state index is 12.6. The average molecular weight is 457 g/mol. The zero-order valence-corrected chi connectivity index (χ0v) is 19.3. The molecule has 2 heterocycles. The molecule has 0 fully saturated rings. The highest BCUT2D eigenvalue weighted by molar-refractivity contribution is 7.99. The molecule has 2 aromatic heterocycles. The van der Waals surface area contributed by atoms with Crippen LogP contribution < -0.4 is 5.32 Å². The lowest BCUT2D eigenvalue weighted by molar-refractivity contribution is -0.113. The smallest absolute Gasteiger partial charge is 0.340 e. The predicted molar refractivity (Wildman–Crippen MR) is 125 cm³/mol. The Morgan fingerprint density at radius 3 is 2.68 bits per heavy atom. The van der Waals surface area contributed by atoms with Gasteiger partial charge >= 0.3 is 5.97 Å². The standard InChI is InChI=1S/C22H24N4O3S2/c1-5-11-26-19(15-9-7-14(3)8-10-15)24-25-22(26)30-13-18(27)23-20-17(21(28)29-4)12-16(6-2)31-20/h5,7-10,12H,1,6,11,13H2,2-4H3,(H,23,27). The number of thioether (sulfide) groups is 1. The lowest BCUT2D eigenvalue weighted by atomic mass is 10.1. The van der Waals surface area contributed by atoms with Crippen LogP contribution in [0.4, 0.5) is 5.00 Å². The van der Waals surface area contributed by atoms with E-state index in [0.29, 0.717) is 22.3 Å². The number of carbonyl (C=O) groups excluding carboxylic acids is 2. The molecule has 1 N–H and O–H groups in total. The first-order valence-electron chi connectivity index (χ1n) is 9.71. The van der Waals surface area contributed by atoms with Crippen LogP contribution in [0, 0.1) is 6.92 Å². The number of nitrogens with one attached hydrogen (secondary N) is 1. The number of allylic oxidation sites excluding steroid dienone is 1. The topological polar surface area (TPSA) is 86.1 Å². The van der Waals surface area contributed by atoms with Crippen LogP contribution in [0.2, 0.25) is 0 Å². The molecular weight excluding hydrogens is 432 g/mol. The third-order valence-corrected chi connectivity index (χ3v) is 6.62. The molecule has 0 radical (unpaired) electrons. The van der Waals surface area contributed by atoms with Crippen molar-refractivity contribution in [2.24, 2.45) is 0 Å². The van der Waals surface area contributed by atoms with Crippen LogP contribution in [0.15, 0.2) is 48.1 Å². The molecule has 31 heavy (non-hydrogen) atoms. The van der Waals surface area contributed by atoms with Crippen molar-refractivity contribution < 1.29 is 14.3 Å². The Kier molecular flexibility index (Phi) is 7.64. The van der Waals surface area contributed by atoms with Crippen molar-refractivity contribution in [1.29, 1.82) is 0 Å². The molecule has 0 aliphatic rings. The molecule has 0 saturated heterocycles. The average Bonchev–Trinajstić information content (AvgIpc) is 3.36. The fourth-order valence-electron chi connectivity index (χ4n) is 2.87. The highest BCUT2D eigenvalue weighted by atomic mass is 32.2. The quantitative estimate of drug-likeness (QED) is 0.288. The maximum absolute atomic E-state index is 12.6. The van der Waals surface area contributed by atoms with E-state index in [1.807, 2.05) is 42.7 Å². The highest BCUT2D eigenvalue weighted by Gasteiger charge is 2.19. The number of ether oxygens (including phenoxy) is 1. The number of methoxy groups -OCH3 is 1. The minimum Gasteiger partial charge on any atom is -0.465 e. The second-order valence-corrected chi connectivity index (χ2v) is 8.79. The molecule has 0 aliphatic carbocycles. The van der Waals surface area contributed by atoms with Gasteiger partial charge in [0.2, 0.25) is 5.91 Å². The van der Waals surface area contributed by atoms with E-state index in [4.69, 9.17) is 4.74 Å². The monoisotopic (exact) mass is 456 g/mol. The van der Waals surface area contributed by atoms with Gasteiger partial charge in [-0.15, -0.1) is 28.1 Å². The zero-order chi connectivity index (χ0) is 22.4. The Hall–Kier alpha value is -2.91. The Morgan fingerprint density at radius 1 is 1.29 bits per heavy atom. The number of hydrogen-bond acceptors (Lipinski definition) is 7. The first-order valence-corrected chi connectivity index (χ1v) is 11.5. The van der Waals surface area contributed by atoms with Crippen molar-refractivity contribution in [2.75, 3.05) is 18.2 Å². The van der Waals surface area contributed by atoms with Crippen LogP contribution in [-0.4, -0.2) is 39.5 Å². The summed E-state index contributed by atoms with van der Waals surface area (Å²) >= 11 is 2.66. The fraction of sp³-hybridized carbons (Fsp3) is 0.273. The van der Waals surface area contributed by atoms with Crippen molar-refractivity contribution in [2.45, 2.75) is 32.0 Å². The SMILES string of the molecule is C=CCn1c(SCC(=O)Nc2sc(CC)cc2C(=O)OC)nnc1-c1ccc(C)cc1. The molecule has 0 unspecified atom stereocenters. The zero-order valence-electron chi connectivity index (χ0n) is 17.7. The highest BCUT2D eigenvalue weighted by Crippen LogP contribution is 2.30. The van der Waals surface area contributed by atoms with Crippen molar-refractivity contribution >= 4 is 40.0 Å². The van der Waals surface area contributed by atoms with Gasteiger partial charge in [0.1, 0.15) is 5.00 Å². The van der Waals surface area contributed by atoms with Gasteiger partial charge in [0.25, 0.3) is 0 Å². The lowest BCUT2D eigenvalue weighted by Crippen LogP contribution is -2.16. The van der Waals surface area contributed by atoms with E-state index < -0.39 is 5.97 Å². The summed E-state index contributed by atoms with van der Waals surface area (Å²) in [6.45, 7) is 8.36. The Labute approximate surface area is 189 Å². The summed E-state index contributed by atoms with van der Waals surface area (Å²) in [4.78, 5) is 25.6. The van der Waals surface area contributed by atoms with Crippen LogP contribution >= 0.6 is 23.1 Å². The van der Waals surface area contributed by atoms with Crippen molar-refractivity contribution in [3.63, 3.8) is 0 Å². The van der Waals surface area contributed by atoms with Gasteiger partial charge in [0.05, 0.1) is 18.4 Å². The fourth-order valence-corrected chi connectivity index (χ4v) is 4.62. The minimum atomic E-state index is -0.465. The summed E-state index contributed by atoms with van der Waals surface area (Å²) in [6, 6.07) is 9.79. The van der Waals surface area contributed by atoms with E-state index in [9.17, 15) is 9.59 Å². The molecule has 9 heteroatoms. The van der Waals surface area contributed by atoms with Crippen molar-refractivity contribution in [3.05, 3.63) is 59.0 Å². The van der Waals surface area contributed by atoms with Gasteiger partial charge in [0.15, 0.2) is 11.0 Å². The molecule has 7 nitrogen and oxygen atoms in total. The second-order valence-electron chi connectivity index (χ2n) is 6.71. The first kappa shape index (κ1) is 22.8. The Balaban J connectivity index is 1.73. The van der Waals surface area contributed by atoms with Crippen LogP contribution in [0.3, 0.4) is 0 Å². The first-order chi connectivity index (χ1) is 15.0. The maximum Gasteiger partial charge on any atom is 0.340 e. The number of amides is 1. The van der Waals surface area contributed by atoms with Gasteiger partial charge in [-0.2, -0.15) is 0 Å². The number of rotatable bonds is 9. The van der Waals surface area contributed by atoms with E-state index in [2.05, 4.69) is 22.1 Å². The summed E-state index contributed by atoms with van der Waals surface area (Å²) in [6.07, 6.45) is 2.54. The molecule has 0 saturated carbocycles. The minimum absolute atomic E-state index is 0.128.